The summed E-state index contributed by atoms with van der Waals surface area (Å²) in [6.07, 6.45) is 1.81. The summed E-state index contributed by atoms with van der Waals surface area (Å²) in [6, 6.07) is -0.212. The molecule has 4 rings (SSSR count). The molecule has 0 radical (unpaired) electrons. The summed E-state index contributed by atoms with van der Waals surface area (Å²) in [5.74, 6) is -0.403. The van der Waals surface area contributed by atoms with Crippen LogP contribution < -0.4 is 10.2 Å². The molecule has 1 N–H and O–H groups in total. The quantitative estimate of drug-likeness (QED) is 0.682. The highest BCUT2D eigenvalue weighted by atomic mass is 16.5. The number of amides is 2. The number of likely N-dealkylation sites (tertiary alicyclic amines) is 1. The Bertz CT molecular complexity index is 573. The number of hydrogen-bond donors (Lipinski definition) is 1. The van der Waals surface area contributed by atoms with Crippen LogP contribution in [0.15, 0.2) is 10.7 Å². The first-order valence-electron chi connectivity index (χ1n) is 7.51. The molecule has 4 heterocycles. The van der Waals surface area contributed by atoms with Gasteiger partial charge in [0.2, 0.25) is 6.10 Å². The second kappa shape index (κ2) is 5.33. The largest absolute Gasteiger partial charge is 0.353 e. The lowest BCUT2D eigenvalue weighted by molar-refractivity contribution is -0.166. The number of nitrogens with one attached hydrogen (secondary N) is 1. The number of piperidine rings is 1. The molecule has 1 aromatic heterocycles. The van der Waals surface area contributed by atoms with E-state index in [0.717, 1.165) is 19.4 Å². The van der Waals surface area contributed by atoms with E-state index >= 15 is 0 Å². The Labute approximate surface area is 126 Å². The van der Waals surface area contributed by atoms with Gasteiger partial charge in [-0.05, 0) is 19.4 Å². The molecule has 2 amide bonds. The van der Waals surface area contributed by atoms with Crippen LogP contribution in [-0.2, 0) is 14.3 Å². The number of fused-ring (bicyclic) bond motifs is 1. The van der Waals surface area contributed by atoms with Crippen molar-refractivity contribution in [2.75, 3.05) is 31.1 Å². The highest BCUT2D eigenvalue weighted by molar-refractivity contribution is 6.10. The van der Waals surface area contributed by atoms with Gasteiger partial charge < -0.3 is 19.5 Å². The minimum Gasteiger partial charge on any atom is -0.353 e. The molecule has 0 aliphatic carbocycles. The number of anilines is 1. The number of morpholine rings is 1. The van der Waals surface area contributed by atoms with Crippen LogP contribution in [-0.4, -0.2) is 71.5 Å². The van der Waals surface area contributed by atoms with Crippen LogP contribution in [0, 0.1) is 0 Å². The van der Waals surface area contributed by atoms with Crippen LogP contribution in [0.25, 0.3) is 0 Å². The van der Waals surface area contributed by atoms with E-state index in [-0.39, 0.29) is 23.9 Å². The molecular formula is C13H17N5O4. The van der Waals surface area contributed by atoms with E-state index in [1.165, 1.54) is 11.1 Å². The molecule has 22 heavy (non-hydrogen) atoms. The van der Waals surface area contributed by atoms with Crippen molar-refractivity contribution < 1.29 is 18.8 Å². The number of aromatic nitrogens is 2. The zero-order valence-electron chi connectivity index (χ0n) is 12.0. The second-order valence-electron chi connectivity index (χ2n) is 5.76. The van der Waals surface area contributed by atoms with E-state index in [2.05, 4.69) is 15.7 Å². The minimum absolute atomic E-state index is 0.195. The van der Waals surface area contributed by atoms with Gasteiger partial charge in [0.15, 0.2) is 0 Å². The Morgan fingerprint density at radius 3 is 2.95 bits per heavy atom. The first-order chi connectivity index (χ1) is 10.8. The van der Waals surface area contributed by atoms with E-state index in [9.17, 15) is 9.59 Å². The van der Waals surface area contributed by atoms with Gasteiger partial charge in [-0.3, -0.25) is 14.5 Å². The Balaban J connectivity index is 1.64. The number of carbonyl (C=O) groups excluding carboxylic acids is 2. The number of hydrogen-bond acceptors (Lipinski definition) is 7. The Hall–Kier alpha value is -2.00. The number of ether oxygens (including phenoxy) is 1. The summed E-state index contributed by atoms with van der Waals surface area (Å²) in [5.41, 5.74) is 0. The summed E-state index contributed by atoms with van der Waals surface area (Å²) >= 11 is 0. The Morgan fingerprint density at radius 2 is 2.27 bits per heavy atom. The highest BCUT2D eigenvalue weighted by Gasteiger charge is 2.49. The topological polar surface area (TPSA) is 101 Å². The van der Waals surface area contributed by atoms with Crippen molar-refractivity contribution in [1.29, 1.82) is 0 Å². The molecule has 0 aromatic carbocycles. The molecule has 9 nitrogen and oxygen atoms in total. The van der Waals surface area contributed by atoms with Gasteiger partial charge >= 0.3 is 0 Å². The van der Waals surface area contributed by atoms with E-state index < -0.39 is 12.0 Å². The van der Waals surface area contributed by atoms with Crippen molar-refractivity contribution in [3.63, 3.8) is 0 Å². The van der Waals surface area contributed by atoms with Gasteiger partial charge in [0.25, 0.3) is 17.7 Å². The lowest BCUT2D eigenvalue weighted by Gasteiger charge is -2.46. The molecule has 3 atom stereocenters. The Morgan fingerprint density at radius 1 is 1.41 bits per heavy atom. The molecule has 3 unspecified atom stereocenters. The third-order valence-corrected chi connectivity index (χ3v) is 4.47. The molecular weight excluding hydrogens is 290 g/mol. The molecule has 3 saturated heterocycles. The van der Waals surface area contributed by atoms with E-state index in [4.69, 9.17) is 9.26 Å². The smallest absolute Gasteiger partial charge is 0.268 e. The van der Waals surface area contributed by atoms with Gasteiger partial charge in [-0.1, -0.05) is 0 Å². The molecule has 0 bridgehead atoms. The lowest BCUT2D eigenvalue weighted by atomic mass is 9.97. The molecule has 1 aromatic rings. The summed E-state index contributed by atoms with van der Waals surface area (Å²) < 4.78 is 10.9. The molecule has 0 spiro atoms. The highest BCUT2D eigenvalue weighted by Crippen LogP contribution is 2.29. The van der Waals surface area contributed by atoms with E-state index in [1.54, 1.807) is 4.90 Å². The van der Waals surface area contributed by atoms with Gasteiger partial charge in [0.1, 0.15) is 6.20 Å². The predicted molar refractivity (Wildman–Crippen MR) is 72.9 cm³/mol. The zero-order valence-corrected chi connectivity index (χ0v) is 12.0. The normalized spacial score (nSPS) is 31.6. The van der Waals surface area contributed by atoms with Crippen molar-refractivity contribution in [2.24, 2.45) is 0 Å². The van der Waals surface area contributed by atoms with Crippen LogP contribution in [0.2, 0.25) is 0 Å². The van der Waals surface area contributed by atoms with Crippen molar-refractivity contribution >= 4 is 17.7 Å². The number of nitrogens with zero attached hydrogens (tertiary/aromatic N) is 4. The number of carbonyl (C=O) groups is 2. The van der Waals surface area contributed by atoms with E-state index in [0.29, 0.717) is 19.6 Å². The van der Waals surface area contributed by atoms with Crippen LogP contribution in [0.1, 0.15) is 12.8 Å². The SMILES string of the molecule is O=C(C1OC2CCNCC2N(c2cnno2)C1=O)N1CCC1. The fourth-order valence-electron chi connectivity index (χ4n) is 3.16. The fraction of sp³-hybridized carbons (Fsp3) is 0.692. The average Bonchev–Trinajstić information content (AvgIpc) is 2.98. The predicted octanol–water partition coefficient (Wildman–Crippen LogP) is -1.24. The first kappa shape index (κ1) is 13.6. The maximum atomic E-state index is 12.8. The number of rotatable bonds is 2. The maximum absolute atomic E-state index is 12.8. The van der Waals surface area contributed by atoms with Gasteiger partial charge in [0, 0.05) is 24.9 Å². The average molecular weight is 307 g/mol. The van der Waals surface area contributed by atoms with Crippen LogP contribution in [0.4, 0.5) is 5.88 Å². The zero-order chi connectivity index (χ0) is 15.1. The minimum atomic E-state index is -1.09. The van der Waals surface area contributed by atoms with Gasteiger partial charge in [-0.15, -0.1) is 5.10 Å². The third-order valence-electron chi connectivity index (χ3n) is 4.47. The van der Waals surface area contributed by atoms with Crippen molar-refractivity contribution in [3.05, 3.63) is 6.20 Å². The van der Waals surface area contributed by atoms with Crippen LogP contribution >= 0.6 is 0 Å². The summed E-state index contributed by atoms with van der Waals surface area (Å²) in [4.78, 5) is 28.4. The lowest BCUT2D eigenvalue weighted by Crippen LogP contribution is -2.67. The third kappa shape index (κ3) is 2.08. The van der Waals surface area contributed by atoms with Crippen molar-refractivity contribution in [1.82, 2.24) is 20.6 Å². The monoisotopic (exact) mass is 307 g/mol. The summed E-state index contributed by atoms with van der Waals surface area (Å²) in [7, 11) is 0. The molecule has 9 heteroatoms. The van der Waals surface area contributed by atoms with Crippen molar-refractivity contribution in [2.45, 2.75) is 31.1 Å². The van der Waals surface area contributed by atoms with Crippen molar-refractivity contribution in [3.8, 4) is 0 Å². The molecule has 3 fully saturated rings. The summed E-state index contributed by atoms with van der Waals surface area (Å²) in [6.45, 7) is 2.75. The van der Waals surface area contributed by atoms with Crippen LogP contribution in [0.3, 0.4) is 0 Å². The van der Waals surface area contributed by atoms with Gasteiger partial charge in [0.05, 0.1) is 12.1 Å². The van der Waals surface area contributed by atoms with Gasteiger partial charge in [-0.2, -0.15) is 0 Å². The standard InChI is InChI=1S/C13H17N5O4/c19-12(17-4-1-5-17)11-13(20)18(10-7-15-16-22-10)8-6-14-3-2-9(8)21-11/h7-9,11,14H,1-6H2. The summed E-state index contributed by atoms with van der Waals surface area (Å²) in [5, 5.41) is 10.3. The van der Waals surface area contributed by atoms with Gasteiger partial charge in [-0.25, -0.2) is 0 Å². The molecule has 118 valence electrons. The molecule has 3 aliphatic rings. The van der Waals surface area contributed by atoms with Crippen LogP contribution in [0.5, 0.6) is 0 Å². The van der Waals surface area contributed by atoms with E-state index in [1.807, 2.05) is 0 Å². The Kier molecular flexibility index (Phi) is 3.30. The fourth-order valence-corrected chi connectivity index (χ4v) is 3.16. The first-order valence-corrected chi connectivity index (χ1v) is 7.51. The molecule has 0 saturated carbocycles. The molecule has 3 aliphatic heterocycles. The second-order valence-corrected chi connectivity index (χ2v) is 5.76. The maximum Gasteiger partial charge on any atom is 0.268 e.